The zero-order valence-electron chi connectivity index (χ0n) is 13.6. The van der Waals surface area contributed by atoms with Crippen molar-refractivity contribution in [3.63, 3.8) is 0 Å². The highest BCUT2D eigenvalue weighted by Crippen LogP contribution is 2.17. The maximum atomic E-state index is 10.6. The summed E-state index contributed by atoms with van der Waals surface area (Å²) in [6.07, 6.45) is 0.852. The number of rotatable bonds is 8. The molecular formula is C19H23NO3. The molecule has 0 saturated carbocycles. The van der Waals surface area contributed by atoms with Crippen LogP contribution in [-0.2, 0) is 17.8 Å². The summed E-state index contributed by atoms with van der Waals surface area (Å²) in [6.45, 7) is 4.71. The van der Waals surface area contributed by atoms with Crippen molar-refractivity contribution in [3.05, 3.63) is 59.7 Å². The number of aryl methyl sites for hydroxylation is 1. The third kappa shape index (κ3) is 6.02. The zero-order valence-corrected chi connectivity index (χ0v) is 13.6. The molecule has 23 heavy (non-hydrogen) atoms. The predicted octanol–water partition coefficient (Wildman–Crippen LogP) is 4.10. The van der Waals surface area contributed by atoms with Crippen LogP contribution < -0.4 is 10.1 Å². The average molecular weight is 313 g/mol. The van der Waals surface area contributed by atoms with Crippen molar-refractivity contribution in [1.82, 2.24) is 0 Å². The monoisotopic (exact) mass is 313 g/mol. The van der Waals surface area contributed by atoms with Gasteiger partial charge in [-0.2, -0.15) is 0 Å². The van der Waals surface area contributed by atoms with Crippen molar-refractivity contribution in [2.45, 2.75) is 39.3 Å². The molecule has 0 amide bonds. The van der Waals surface area contributed by atoms with Gasteiger partial charge < -0.3 is 15.2 Å². The molecule has 4 heteroatoms. The lowest BCUT2D eigenvalue weighted by atomic mass is 10.1. The van der Waals surface area contributed by atoms with Crippen molar-refractivity contribution in [2.75, 3.05) is 5.32 Å². The summed E-state index contributed by atoms with van der Waals surface area (Å²) >= 11 is 0. The topological polar surface area (TPSA) is 58.6 Å². The van der Waals surface area contributed by atoms with Gasteiger partial charge in [0.15, 0.2) is 0 Å². The van der Waals surface area contributed by atoms with E-state index >= 15 is 0 Å². The first kappa shape index (κ1) is 16.9. The van der Waals surface area contributed by atoms with Crippen LogP contribution in [0.2, 0.25) is 0 Å². The van der Waals surface area contributed by atoms with Crippen molar-refractivity contribution < 1.29 is 14.6 Å². The number of nitrogens with one attached hydrogen (secondary N) is 1. The minimum atomic E-state index is -0.773. The molecule has 0 heterocycles. The third-order valence-electron chi connectivity index (χ3n) is 3.32. The molecule has 0 atom stereocenters. The highest BCUT2D eigenvalue weighted by Gasteiger charge is 2.02. The lowest BCUT2D eigenvalue weighted by Gasteiger charge is -2.12. The molecule has 122 valence electrons. The molecule has 0 bridgehead atoms. The minimum absolute atomic E-state index is 0.151. The van der Waals surface area contributed by atoms with Gasteiger partial charge in [-0.1, -0.05) is 24.3 Å². The van der Waals surface area contributed by atoms with Gasteiger partial charge >= 0.3 is 5.97 Å². The Balaban J connectivity index is 1.95. The summed E-state index contributed by atoms with van der Waals surface area (Å²) in [5.41, 5.74) is 3.15. The summed E-state index contributed by atoms with van der Waals surface area (Å²) in [7, 11) is 0. The van der Waals surface area contributed by atoms with Crippen LogP contribution in [0.25, 0.3) is 0 Å². The number of carboxylic acid groups (broad SMARTS) is 1. The minimum Gasteiger partial charge on any atom is -0.491 e. The molecule has 0 aliphatic carbocycles. The Morgan fingerprint density at radius 2 is 1.87 bits per heavy atom. The number of aliphatic carboxylic acids is 1. The SMILES string of the molecule is CC(C)Oc1cccc(CNc2cccc(CCC(=O)O)c2)c1. The molecule has 0 unspecified atom stereocenters. The number of carbonyl (C=O) groups is 1. The predicted molar refractivity (Wildman–Crippen MR) is 91.9 cm³/mol. The van der Waals surface area contributed by atoms with Crippen LogP contribution in [0.1, 0.15) is 31.4 Å². The van der Waals surface area contributed by atoms with Crippen LogP contribution in [0.4, 0.5) is 5.69 Å². The normalized spacial score (nSPS) is 10.6. The summed E-state index contributed by atoms with van der Waals surface area (Å²) in [4.78, 5) is 10.6. The van der Waals surface area contributed by atoms with E-state index in [0.29, 0.717) is 13.0 Å². The molecule has 0 aliphatic heterocycles. The number of benzene rings is 2. The van der Waals surface area contributed by atoms with E-state index in [0.717, 1.165) is 22.6 Å². The molecule has 0 saturated heterocycles. The molecule has 0 aromatic heterocycles. The molecule has 4 nitrogen and oxygen atoms in total. The van der Waals surface area contributed by atoms with Crippen LogP contribution in [0.5, 0.6) is 5.75 Å². The van der Waals surface area contributed by atoms with Gasteiger partial charge in [-0.15, -0.1) is 0 Å². The quantitative estimate of drug-likeness (QED) is 0.770. The van der Waals surface area contributed by atoms with Gasteiger partial charge in [0.05, 0.1) is 6.10 Å². The second-order valence-corrected chi connectivity index (χ2v) is 5.76. The molecule has 2 aromatic rings. The summed E-state index contributed by atoms with van der Waals surface area (Å²) in [5.74, 6) is 0.0971. The number of hydrogen-bond donors (Lipinski definition) is 2. The van der Waals surface area contributed by atoms with Crippen molar-refractivity contribution in [2.24, 2.45) is 0 Å². The summed E-state index contributed by atoms with van der Waals surface area (Å²) in [6, 6.07) is 15.9. The standard InChI is InChI=1S/C19H23NO3/c1-14(2)23-18-8-4-6-16(12-18)13-20-17-7-3-5-15(11-17)9-10-19(21)22/h3-8,11-12,14,20H,9-10,13H2,1-2H3,(H,21,22). The Kier molecular flexibility index (Phi) is 6.03. The molecule has 2 aromatic carbocycles. The van der Waals surface area contributed by atoms with E-state index in [1.54, 1.807) is 0 Å². The molecule has 2 rings (SSSR count). The van der Waals surface area contributed by atoms with E-state index in [1.165, 1.54) is 0 Å². The largest absolute Gasteiger partial charge is 0.491 e. The molecule has 2 N–H and O–H groups in total. The maximum Gasteiger partial charge on any atom is 0.303 e. The fourth-order valence-electron chi connectivity index (χ4n) is 2.29. The Hall–Kier alpha value is -2.49. The van der Waals surface area contributed by atoms with Gasteiger partial charge in [-0.3, -0.25) is 4.79 Å². The lowest BCUT2D eigenvalue weighted by molar-refractivity contribution is -0.136. The van der Waals surface area contributed by atoms with Gasteiger partial charge in [0.2, 0.25) is 0 Å². The number of ether oxygens (including phenoxy) is 1. The third-order valence-corrected chi connectivity index (χ3v) is 3.32. The van der Waals surface area contributed by atoms with Crippen LogP contribution in [-0.4, -0.2) is 17.2 Å². The Morgan fingerprint density at radius 1 is 1.13 bits per heavy atom. The molecule has 0 spiro atoms. The first-order valence-corrected chi connectivity index (χ1v) is 7.83. The van der Waals surface area contributed by atoms with Crippen molar-refractivity contribution in [3.8, 4) is 5.75 Å². The van der Waals surface area contributed by atoms with E-state index in [2.05, 4.69) is 11.4 Å². The molecule has 0 fully saturated rings. The molecule has 0 aliphatic rings. The van der Waals surface area contributed by atoms with Crippen molar-refractivity contribution >= 4 is 11.7 Å². The fourth-order valence-corrected chi connectivity index (χ4v) is 2.29. The summed E-state index contributed by atoms with van der Waals surface area (Å²) in [5, 5.41) is 12.1. The first-order valence-electron chi connectivity index (χ1n) is 7.83. The van der Waals surface area contributed by atoms with Gasteiger partial charge in [0, 0.05) is 18.7 Å². The van der Waals surface area contributed by atoms with Crippen LogP contribution >= 0.6 is 0 Å². The Morgan fingerprint density at radius 3 is 2.61 bits per heavy atom. The lowest BCUT2D eigenvalue weighted by Crippen LogP contribution is -2.06. The number of carboxylic acids is 1. The van der Waals surface area contributed by atoms with E-state index in [-0.39, 0.29) is 12.5 Å². The van der Waals surface area contributed by atoms with Crippen LogP contribution in [0, 0.1) is 0 Å². The average Bonchev–Trinajstić information content (AvgIpc) is 2.51. The fraction of sp³-hybridized carbons (Fsp3) is 0.316. The van der Waals surface area contributed by atoms with E-state index in [4.69, 9.17) is 9.84 Å². The first-order chi connectivity index (χ1) is 11.0. The number of anilines is 1. The molecular weight excluding hydrogens is 290 g/mol. The van der Waals surface area contributed by atoms with Crippen LogP contribution in [0.3, 0.4) is 0 Å². The highest BCUT2D eigenvalue weighted by molar-refractivity contribution is 5.67. The summed E-state index contributed by atoms with van der Waals surface area (Å²) < 4.78 is 5.70. The Labute approximate surface area is 137 Å². The second kappa shape index (κ2) is 8.22. The van der Waals surface area contributed by atoms with Gasteiger partial charge in [-0.25, -0.2) is 0 Å². The maximum absolute atomic E-state index is 10.6. The molecule has 0 radical (unpaired) electrons. The smallest absolute Gasteiger partial charge is 0.303 e. The zero-order chi connectivity index (χ0) is 16.7. The van der Waals surface area contributed by atoms with Gasteiger partial charge in [-0.05, 0) is 55.7 Å². The van der Waals surface area contributed by atoms with Gasteiger partial charge in [0.25, 0.3) is 0 Å². The van der Waals surface area contributed by atoms with E-state index in [9.17, 15) is 4.79 Å². The highest BCUT2D eigenvalue weighted by atomic mass is 16.5. The van der Waals surface area contributed by atoms with Crippen molar-refractivity contribution in [1.29, 1.82) is 0 Å². The Bertz CT molecular complexity index is 653. The number of hydrogen-bond acceptors (Lipinski definition) is 3. The van der Waals surface area contributed by atoms with E-state index < -0.39 is 5.97 Å². The van der Waals surface area contributed by atoms with E-state index in [1.807, 2.05) is 56.3 Å². The second-order valence-electron chi connectivity index (χ2n) is 5.76. The van der Waals surface area contributed by atoms with Crippen LogP contribution in [0.15, 0.2) is 48.5 Å². The van der Waals surface area contributed by atoms with Gasteiger partial charge in [0.1, 0.15) is 5.75 Å².